The topological polar surface area (TPSA) is 63.0 Å². The van der Waals surface area contributed by atoms with Gasteiger partial charge >= 0.3 is 0 Å². The third-order valence-corrected chi connectivity index (χ3v) is 4.98. The first-order valence-corrected chi connectivity index (χ1v) is 7.68. The van der Waals surface area contributed by atoms with Crippen molar-refractivity contribution in [1.29, 1.82) is 0 Å². The normalized spacial score (nSPS) is 12.0. The molecule has 0 radical (unpaired) electrons. The first kappa shape index (κ1) is 15.5. The van der Waals surface area contributed by atoms with Crippen LogP contribution in [-0.4, -0.2) is 44.3 Å². The molecule has 18 heavy (non-hydrogen) atoms. The third-order valence-electron chi connectivity index (χ3n) is 3.39. The van der Waals surface area contributed by atoms with Gasteiger partial charge in [-0.15, -0.1) is 5.10 Å². The zero-order chi connectivity index (χ0) is 13.4. The summed E-state index contributed by atoms with van der Waals surface area (Å²) in [7, 11) is 0. The summed E-state index contributed by atoms with van der Waals surface area (Å²) in [6.07, 6.45) is 6.37. The summed E-state index contributed by atoms with van der Waals surface area (Å²) < 4.78 is 1.99. The molecule has 1 rings (SSSR count). The van der Waals surface area contributed by atoms with Gasteiger partial charge in [0.1, 0.15) is 0 Å². The zero-order valence-electron chi connectivity index (χ0n) is 11.5. The molecule has 0 atom stereocenters. The quantitative estimate of drug-likeness (QED) is 0.709. The number of thioether (sulfide) groups is 1. The van der Waals surface area contributed by atoms with E-state index in [1.54, 1.807) is 4.68 Å². The third kappa shape index (κ3) is 4.26. The maximum Gasteiger partial charge on any atom is 0.0964 e. The summed E-state index contributed by atoms with van der Waals surface area (Å²) in [6, 6.07) is 0. The molecule has 0 saturated carbocycles. The largest absolute Gasteiger partial charge is 0.394 e. The Morgan fingerprint density at radius 1 is 1.44 bits per heavy atom. The van der Waals surface area contributed by atoms with Crippen LogP contribution in [0.5, 0.6) is 0 Å². The van der Waals surface area contributed by atoms with E-state index in [-0.39, 0.29) is 6.61 Å². The molecule has 0 aliphatic rings. The highest BCUT2D eigenvalue weighted by molar-refractivity contribution is 8.00. The number of nitrogens with zero attached hydrogens (tertiary/aromatic N) is 3. The van der Waals surface area contributed by atoms with Gasteiger partial charge in [-0.05, 0) is 19.1 Å². The number of aliphatic hydroxyl groups excluding tert-OH is 1. The summed E-state index contributed by atoms with van der Waals surface area (Å²) in [5, 5.41) is 20.3. The van der Waals surface area contributed by atoms with E-state index >= 15 is 0 Å². The van der Waals surface area contributed by atoms with Gasteiger partial charge < -0.3 is 10.4 Å². The number of aliphatic hydroxyl groups is 1. The Bertz CT molecular complexity index is 330. The minimum Gasteiger partial charge on any atom is -0.394 e. The number of nitrogens with one attached hydrogen (secondary N) is 1. The van der Waals surface area contributed by atoms with Crippen molar-refractivity contribution >= 4 is 11.8 Å². The highest BCUT2D eigenvalue weighted by atomic mass is 32.2. The molecule has 2 N–H and O–H groups in total. The number of hydrogen-bond donors (Lipinski definition) is 2. The molecule has 0 amide bonds. The predicted octanol–water partition coefficient (Wildman–Crippen LogP) is 1.28. The standard InChI is InChI=1S/C12H24N4OS/c1-4-12(5-2,18-3)10-13-8-11-9-16(6-7-17)15-14-11/h9,13,17H,4-8,10H2,1-3H3. The molecule has 0 saturated heterocycles. The van der Waals surface area contributed by atoms with Crippen LogP contribution in [0, 0.1) is 0 Å². The monoisotopic (exact) mass is 272 g/mol. The van der Waals surface area contributed by atoms with Crippen LogP contribution < -0.4 is 5.32 Å². The number of hydrogen-bond acceptors (Lipinski definition) is 5. The van der Waals surface area contributed by atoms with E-state index in [4.69, 9.17) is 5.11 Å². The molecule has 0 aromatic carbocycles. The summed E-state index contributed by atoms with van der Waals surface area (Å²) in [5.41, 5.74) is 0.922. The lowest BCUT2D eigenvalue weighted by atomic mass is 10.0. The minimum atomic E-state index is 0.0947. The van der Waals surface area contributed by atoms with Crippen LogP contribution in [0.2, 0.25) is 0 Å². The molecule has 0 unspecified atom stereocenters. The maximum absolute atomic E-state index is 8.80. The van der Waals surface area contributed by atoms with Gasteiger partial charge in [0.2, 0.25) is 0 Å². The van der Waals surface area contributed by atoms with Gasteiger partial charge in [-0.25, -0.2) is 4.68 Å². The van der Waals surface area contributed by atoms with Crippen molar-refractivity contribution < 1.29 is 5.11 Å². The van der Waals surface area contributed by atoms with Gasteiger partial charge in [0, 0.05) is 24.0 Å². The molecule has 0 spiro atoms. The summed E-state index contributed by atoms with van der Waals surface area (Å²) in [4.78, 5) is 0. The average molecular weight is 272 g/mol. The highest BCUT2D eigenvalue weighted by Crippen LogP contribution is 2.29. The van der Waals surface area contributed by atoms with Gasteiger partial charge in [-0.2, -0.15) is 11.8 Å². The first-order valence-electron chi connectivity index (χ1n) is 6.45. The van der Waals surface area contributed by atoms with Gasteiger partial charge in [0.05, 0.1) is 18.8 Å². The summed E-state index contributed by atoms with van der Waals surface area (Å²) >= 11 is 1.93. The lowest BCUT2D eigenvalue weighted by molar-refractivity contribution is 0.268. The van der Waals surface area contributed by atoms with E-state index in [1.807, 2.05) is 18.0 Å². The Balaban J connectivity index is 2.40. The number of rotatable bonds is 9. The molecule has 1 aromatic heterocycles. The fourth-order valence-electron chi connectivity index (χ4n) is 1.91. The van der Waals surface area contributed by atoms with Crippen LogP contribution in [0.4, 0.5) is 0 Å². The molecule has 1 heterocycles. The fraction of sp³-hybridized carbons (Fsp3) is 0.833. The van der Waals surface area contributed by atoms with Crippen molar-refractivity contribution in [3.63, 3.8) is 0 Å². The Morgan fingerprint density at radius 2 is 2.17 bits per heavy atom. The Labute approximate surface area is 113 Å². The molecular weight excluding hydrogens is 248 g/mol. The van der Waals surface area contributed by atoms with Crippen molar-refractivity contribution in [3.05, 3.63) is 11.9 Å². The number of aromatic nitrogens is 3. The first-order chi connectivity index (χ1) is 8.69. The molecule has 1 aromatic rings. The van der Waals surface area contributed by atoms with Crippen LogP contribution in [0.3, 0.4) is 0 Å². The zero-order valence-corrected chi connectivity index (χ0v) is 12.3. The second-order valence-electron chi connectivity index (χ2n) is 4.39. The van der Waals surface area contributed by atoms with E-state index in [2.05, 4.69) is 35.7 Å². The van der Waals surface area contributed by atoms with Crippen LogP contribution in [0.15, 0.2) is 6.20 Å². The van der Waals surface area contributed by atoms with Gasteiger partial charge in [-0.3, -0.25) is 0 Å². The predicted molar refractivity (Wildman–Crippen MR) is 75.6 cm³/mol. The van der Waals surface area contributed by atoms with Crippen LogP contribution in [0.25, 0.3) is 0 Å². The SMILES string of the molecule is CCC(CC)(CNCc1cn(CCO)nn1)SC. The Kier molecular flexibility index (Phi) is 6.67. The van der Waals surface area contributed by atoms with Crippen LogP contribution >= 0.6 is 11.8 Å². The average Bonchev–Trinajstić information content (AvgIpc) is 2.84. The molecule has 0 bridgehead atoms. The molecule has 0 aliphatic heterocycles. The molecular formula is C12H24N4OS. The highest BCUT2D eigenvalue weighted by Gasteiger charge is 2.24. The minimum absolute atomic E-state index is 0.0947. The second-order valence-corrected chi connectivity index (χ2v) is 5.67. The van der Waals surface area contributed by atoms with Crippen molar-refractivity contribution in [2.45, 2.75) is 44.5 Å². The van der Waals surface area contributed by atoms with E-state index in [1.165, 1.54) is 0 Å². The van der Waals surface area contributed by atoms with E-state index in [9.17, 15) is 0 Å². The smallest absolute Gasteiger partial charge is 0.0964 e. The summed E-state index contributed by atoms with van der Waals surface area (Å²) in [6.45, 7) is 6.78. The molecule has 104 valence electrons. The van der Waals surface area contributed by atoms with Gasteiger partial charge in [0.25, 0.3) is 0 Å². The van der Waals surface area contributed by atoms with Crippen LogP contribution in [-0.2, 0) is 13.1 Å². The maximum atomic E-state index is 8.80. The molecule has 0 fully saturated rings. The summed E-state index contributed by atoms with van der Waals surface area (Å²) in [5.74, 6) is 0. The van der Waals surface area contributed by atoms with Gasteiger partial charge in [-0.1, -0.05) is 19.1 Å². The van der Waals surface area contributed by atoms with E-state index < -0.39 is 0 Å². The molecule has 0 aliphatic carbocycles. The second kappa shape index (κ2) is 7.76. The van der Waals surface area contributed by atoms with Crippen molar-refractivity contribution in [2.24, 2.45) is 0 Å². The molecule has 6 heteroatoms. The molecule has 5 nitrogen and oxygen atoms in total. The van der Waals surface area contributed by atoms with E-state index in [0.717, 1.165) is 31.6 Å². The lowest BCUT2D eigenvalue weighted by Gasteiger charge is -2.29. The van der Waals surface area contributed by atoms with E-state index in [0.29, 0.717) is 11.3 Å². The van der Waals surface area contributed by atoms with Crippen molar-refractivity contribution in [3.8, 4) is 0 Å². The Hall–Kier alpha value is -0.590. The fourth-order valence-corrected chi connectivity index (χ4v) is 2.73. The lowest BCUT2D eigenvalue weighted by Crippen LogP contribution is -2.36. The van der Waals surface area contributed by atoms with Crippen molar-refractivity contribution in [2.75, 3.05) is 19.4 Å². The Morgan fingerprint density at radius 3 is 2.72 bits per heavy atom. The van der Waals surface area contributed by atoms with Gasteiger partial charge in [0.15, 0.2) is 0 Å². The van der Waals surface area contributed by atoms with Crippen molar-refractivity contribution in [1.82, 2.24) is 20.3 Å². The van der Waals surface area contributed by atoms with Crippen LogP contribution in [0.1, 0.15) is 32.4 Å².